The van der Waals surface area contributed by atoms with E-state index < -0.39 is 23.1 Å². The van der Waals surface area contributed by atoms with Gasteiger partial charge in [0, 0.05) is 29.4 Å². The molecule has 1 atom stereocenters. The SMILES string of the molecule is CC.CC(C)C.CCC.CCC1(C)C(C(=O)O)=CN(CCO)c2cc(C)c(OCc3ccccc3C(F)(F)F)cc21. The molecule has 232 valence electrons. The molecule has 2 aromatic carbocycles. The van der Waals surface area contributed by atoms with Crippen molar-refractivity contribution in [3.8, 4) is 5.75 Å². The van der Waals surface area contributed by atoms with Gasteiger partial charge in [-0.3, -0.25) is 0 Å². The summed E-state index contributed by atoms with van der Waals surface area (Å²) >= 11 is 0. The summed E-state index contributed by atoms with van der Waals surface area (Å²) in [5, 5.41) is 19.3. The molecule has 0 saturated heterocycles. The number of anilines is 1. The number of carboxylic acid groups (broad SMARTS) is 1. The molecular weight excluding hydrogens is 531 g/mol. The first kappa shape index (κ1) is 38.0. The number of aliphatic hydroxyl groups excluding tert-OH is 1. The largest absolute Gasteiger partial charge is 0.489 e. The molecule has 5 nitrogen and oxygen atoms in total. The maximum atomic E-state index is 13.3. The van der Waals surface area contributed by atoms with Crippen molar-refractivity contribution < 1.29 is 32.9 Å². The molecule has 0 radical (unpaired) electrons. The third-order valence-electron chi connectivity index (χ3n) is 6.06. The van der Waals surface area contributed by atoms with Crippen LogP contribution in [0.4, 0.5) is 18.9 Å². The average Bonchev–Trinajstić information content (AvgIpc) is 2.90. The van der Waals surface area contributed by atoms with Crippen molar-refractivity contribution in [3.63, 3.8) is 0 Å². The predicted octanol–water partition coefficient (Wildman–Crippen LogP) is 9.15. The monoisotopic (exact) mass is 581 g/mol. The maximum Gasteiger partial charge on any atom is 0.416 e. The molecular formula is C33H50F3NO4. The fourth-order valence-electron chi connectivity index (χ4n) is 4.06. The fraction of sp³-hybridized carbons (Fsp3) is 0.545. The van der Waals surface area contributed by atoms with E-state index in [1.165, 1.54) is 24.6 Å². The molecule has 1 aliphatic rings. The molecule has 8 heteroatoms. The minimum atomic E-state index is -4.49. The smallest absolute Gasteiger partial charge is 0.416 e. The van der Waals surface area contributed by atoms with Crippen LogP contribution in [0, 0.1) is 12.8 Å². The van der Waals surface area contributed by atoms with Gasteiger partial charge < -0.3 is 19.8 Å². The molecule has 0 spiro atoms. The molecule has 2 aromatic rings. The van der Waals surface area contributed by atoms with Crippen molar-refractivity contribution in [3.05, 3.63) is 70.4 Å². The Bertz CT molecular complexity index is 1110. The van der Waals surface area contributed by atoms with Gasteiger partial charge in [0.05, 0.1) is 17.7 Å². The Morgan fingerprint density at radius 2 is 1.61 bits per heavy atom. The van der Waals surface area contributed by atoms with Crippen LogP contribution in [0.15, 0.2) is 48.2 Å². The molecule has 1 aliphatic heterocycles. The zero-order valence-corrected chi connectivity index (χ0v) is 26.4. The van der Waals surface area contributed by atoms with Gasteiger partial charge in [0.25, 0.3) is 0 Å². The minimum Gasteiger partial charge on any atom is -0.489 e. The number of alkyl halides is 3. The van der Waals surface area contributed by atoms with Gasteiger partial charge >= 0.3 is 12.1 Å². The number of halogens is 3. The number of hydrogen-bond donors (Lipinski definition) is 2. The number of aryl methyl sites for hydroxylation is 1. The lowest BCUT2D eigenvalue weighted by atomic mass is 9.71. The Morgan fingerprint density at radius 3 is 2.07 bits per heavy atom. The Morgan fingerprint density at radius 1 is 1.07 bits per heavy atom. The topological polar surface area (TPSA) is 70.0 Å². The van der Waals surface area contributed by atoms with Gasteiger partial charge in [-0.05, 0) is 48.6 Å². The number of aliphatic hydroxyl groups is 1. The maximum absolute atomic E-state index is 13.3. The molecule has 0 aliphatic carbocycles. The molecule has 1 unspecified atom stereocenters. The third-order valence-corrected chi connectivity index (χ3v) is 6.06. The van der Waals surface area contributed by atoms with Gasteiger partial charge in [-0.25, -0.2) is 4.79 Å². The van der Waals surface area contributed by atoms with Crippen LogP contribution >= 0.6 is 0 Å². The van der Waals surface area contributed by atoms with Crippen molar-refractivity contribution in [1.82, 2.24) is 0 Å². The predicted molar refractivity (Wildman–Crippen MR) is 163 cm³/mol. The van der Waals surface area contributed by atoms with Crippen LogP contribution in [-0.4, -0.2) is 29.3 Å². The lowest BCUT2D eigenvalue weighted by Crippen LogP contribution is -2.38. The standard InChI is InChI=1S/C24H26F3NO4.C4H10.C3H8.C2H6/c1-4-23(3)18-12-21(32-14-16-7-5-6-8-17(16)24(25,26)27)15(2)11-20(18)28(9-10-29)13-19(23)22(30)31;1-4(2)3;1-3-2;1-2/h5-8,11-13,29H,4,9-10,14H2,1-3H3,(H,30,31);4H,1-3H3;3H2,1-2H3;1-2H3. The van der Waals surface area contributed by atoms with Crippen LogP contribution in [0.2, 0.25) is 0 Å². The number of benzene rings is 2. The quantitative estimate of drug-likeness (QED) is 0.341. The van der Waals surface area contributed by atoms with E-state index in [2.05, 4.69) is 34.6 Å². The Balaban J connectivity index is 0.00000157. The zero-order chi connectivity index (χ0) is 32.0. The number of fused-ring (bicyclic) bond motifs is 1. The van der Waals surface area contributed by atoms with Crippen LogP contribution in [-0.2, 0) is 23.0 Å². The van der Waals surface area contributed by atoms with E-state index >= 15 is 0 Å². The molecule has 0 saturated carbocycles. The summed E-state index contributed by atoms with van der Waals surface area (Å²) in [5.74, 6) is 0.154. The lowest BCUT2D eigenvalue weighted by Gasteiger charge is -2.40. The highest BCUT2D eigenvalue weighted by Gasteiger charge is 2.40. The summed E-state index contributed by atoms with van der Waals surface area (Å²) in [7, 11) is 0. The molecule has 1 heterocycles. The van der Waals surface area contributed by atoms with Gasteiger partial charge in [0.1, 0.15) is 12.4 Å². The van der Waals surface area contributed by atoms with Gasteiger partial charge in [0.15, 0.2) is 0 Å². The molecule has 0 bridgehead atoms. The molecule has 41 heavy (non-hydrogen) atoms. The van der Waals surface area contributed by atoms with E-state index in [-0.39, 0.29) is 30.9 Å². The van der Waals surface area contributed by atoms with Crippen molar-refractivity contribution in [1.29, 1.82) is 0 Å². The number of carbonyl (C=O) groups is 1. The first-order chi connectivity index (χ1) is 19.2. The van der Waals surface area contributed by atoms with Crippen LogP contribution in [0.25, 0.3) is 0 Å². The fourth-order valence-corrected chi connectivity index (χ4v) is 4.06. The summed E-state index contributed by atoms with van der Waals surface area (Å²) in [4.78, 5) is 13.7. The molecule has 0 aromatic heterocycles. The van der Waals surface area contributed by atoms with E-state index in [4.69, 9.17) is 4.74 Å². The summed E-state index contributed by atoms with van der Waals surface area (Å²) < 4.78 is 45.8. The van der Waals surface area contributed by atoms with Crippen LogP contribution in [0.5, 0.6) is 5.75 Å². The van der Waals surface area contributed by atoms with Crippen molar-refractivity contribution in [2.24, 2.45) is 5.92 Å². The van der Waals surface area contributed by atoms with Crippen LogP contribution in [0.1, 0.15) is 97.4 Å². The van der Waals surface area contributed by atoms with Gasteiger partial charge in [-0.15, -0.1) is 0 Å². The Kier molecular flexibility index (Phi) is 16.4. The molecule has 0 fully saturated rings. The number of hydrogen-bond acceptors (Lipinski definition) is 4. The summed E-state index contributed by atoms with van der Waals surface area (Å²) in [5.41, 5.74) is 0.748. The minimum absolute atomic E-state index is 0.0170. The zero-order valence-electron chi connectivity index (χ0n) is 26.4. The Labute approximate surface area is 245 Å². The number of carboxylic acids is 1. The molecule has 3 rings (SSSR count). The summed E-state index contributed by atoms with van der Waals surface area (Å²) in [6, 6.07) is 8.78. The summed E-state index contributed by atoms with van der Waals surface area (Å²) in [6.07, 6.45) is -1.20. The molecule has 2 N–H and O–H groups in total. The van der Waals surface area contributed by atoms with Crippen molar-refractivity contribution >= 4 is 11.7 Å². The summed E-state index contributed by atoms with van der Waals surface area (Å²) in [6.45, 7) is 20.0. The molecule has 0 amide bonds. The van der Waals surface area contributed by atoms with Gasteiger partial charge in [-0.1, -0.05) is 86.9 Å². The second-order valence-corrected chi connectivity index (χ2v) is 10.5. The van der Waals surface area contributed by atoms with E-state index in [0.717, 1.165) is 17.7 Å². The van der Waals surface area contributed by atoms with E-state index in [9.17, 15) is 28.2 Å². The van der Waals surface area contributed by atoms with Crippen LogP contribution < -0.4 is 9.64 Å². The van der Waals surface area contributed by atoms with E-state index in [1.807, 2.05) is 33.8 Å². The van der Waals surface area contributed by atoms with E-state index in [1.54, 1.807) is 24.1 Å². The number of β-amino-alcohol motifs (C(OH)–C–C–N with tert-alkyl or cyclic N) is 1. The highest BCUT2D eigenvalue weighted by Crippen LogP contribution is 2.47. The van der Waals surface area contributed by atoms with Crippen LogP contribution in [0.3, 0.4) is 0 Å². The highest BCUT2D eigenvalue weighted by molar-refractivity contribution is 5.92. The average molecular weight is 582 g/mol. The first-order valence-electron chi connectivity index (χ1n) is 14.4. The van der Waals surface area contributed by atoms with Gasteiger partial charge in [-0.2, -0.15) is 13.2 Å². The first-order valence-corrected chi connectivity index (χ1v) is 14.4. The number of rotatable bonds is 7. The van der Waals surface area contributed by atoms with E-state index in [0.29, 0.717) is 23.3 Å². The number of ether oxygens (including phenoxy) is 1. The number of aliphatic carboxylic acids is 1. The third kappa shape index (κ3) is 10.7. The lowest BCUT2D eigenvalue weighted by molar-refractivity contribution is -0.138. The van der Waals surface area contributed by atoms with Crippen molar-refractivity contribution in [2.75, 3.05) is 18.1 Å². The second-order valence-electron chi connectivity index (χ2n) is 10.5. The Hall–Kier alpha value is -3.00. The highest BCUT2D eigenvalue weighted by atomic mass is 19.4. The second kappa shape index (κ2) is 17.7. The number of nitrogens with zero attached hydrogens (tertiary/aromatic N) is 1. The van der Waals surface area contributed by atoms with Crippen molar-refractivity contribution in [2.45, 2.75) is 100 Å². The van der Waals surface area contributed by atoms with Gasteiger partial charge in [0.2, 0.25) is 0 Å². The normalized spacial score (nSPS) is 15.7.